The molecule has 0 saturated heterocycles. The largest absolute Gasteiger partial charge is 0.466 e. The van der Waals surface area contributed by atoms with Crippen molar-refractivity contribution in [2.24, 2.45) is 0 Å². The minimum absolute atomic E-state index is 0.0235. The van der Waals surface area contributed by atoms with Crippen LogP contribution in [0.15, 0.2) is 12.2 Å². The number of amides is 1. The van der Waals surface area contributed by atoms with Crippen molar-refractivity contribution in [3.8, 4) is 0 Å². The highest BCUT2D eigenvalue weighted by Gasteiger charge is 2.18. The summed E-state index contributed by atoms with van der Waals surface area (Å²) < 4.78 is 5.49. The standard InChI is InChI=1S/C67H131NO5/c1-3-5-7-9-11-13-15-37-41-45-49-53-57-61-67(72)73-62-58-54-50-46-42-39-36-34-32-30-28-26-24-22-20-18-16-17-19-21-23-25-27-29-31-33-35-38-40-44-48-52-56-60-66(71)68-64(63-69)65(70)59-55-51-47-43-14-12-10-8-6-4-2/h55,59,64-65,69-70H,3-54,56-58,60-63H2,1-2H3,(H,68,71)/b59-55+. The minimum atomic E-state index is -0.838. The van der Waals surface area contributed by atoms with E-state index in [-0.39, 0.29) is 18.5 Å². The summed E-state index contributed by atoms with van der Waals surface area (Å²) in [4.78, 5) is 24.5. The van der Waals surface area contributed by atoms with Gasteiger partial charge in [0.05, 0.1) is 25.4 Å². The fourth-order valence-corrected chi connectivity index (χ4v) is 10.7. The molecule has 6 nitrogen and oxygen atoms in total. The number of unbranched alkanes of at least 4 members (excludes halogenated alkanes) is 52. The van der Waals surface area contributed by atoms with Crippen molar-refractivity contribution in [3.63, 3.8) is 0 Å². The maximum absolute atomic E-state index is 12.4. The van der Waals surface area contributed by atoms with Crippen molar-refractivity contribution in [1.29, 1.82) is 0 Å². The third-order valence-electron chi connectivity index (χ3n) is 15.8. The molecule has 3 N–H and O–H groups in total. The van der Waals surface area contributed by atoms with Crippen LogP contribution >= 0.6 is 0 Å². The zero-order chi connectivity index (χ0) is 52.9. The van der Waals surface area contributed by atoms with E-state index in [0.29, 0.717) is 19.4 Å². The first-order chi connectivity index (χ1) is 36.0. The maximum Gasteiger partial charge on any atom is 0.305 e. The topological polar surface area (TPSA) is 95.9 Å². The molecule has 0 radical (unpaired) electrons. The third-order valence-corrected chi connectivity index (χ3v) is 15.8. The van der Waals surface area contributed by atoms with Crippen LogP contribution < -0.4 is 5.32 Å². The normalized spacial score (nSPS) is 12.5. The first-order valence-corrected chi connectivity index (χ1v) is 33.5. The van der Waals surface area contributed by atoms with Gasteiger partial charge in [-0.3, -0.25) is 9.59 Å². The molecule has 0 heterocycles. The van der Waals surface area contributed by atoms with Gasteiger partial charge in [0.1, 0.15) is 0 Å². The van der Waals surface area contributed by atoms with Crippen molar-refractivity contribution in [2.75, 3.05) is 13.2 Å². The van der Waals surface area contributed by atoms with Gasteiger partial charge in [-0.2, -0.15) is 0 Å². The molecule has 0 spiro atoms. The summed E-state index contributed by atoms with van der Waals surface area (Å²) in [5, 5.41) is 23.0. The average Bonchev–Trinajstić information content (AvgIpc) is 3.39. The van der Waals surface area contributed by atoms with Crippen molar-refractivity contribution < 1.29 is 24.5 Å². The van der Waals surface area contributed by atoms with Crippen LogP contribution in [0, 0.1) is 0 Å². The Labute approximate surface area is 457 Å². The van der Waals surface area contributed by atoms with Gasteiger partial charge in [0.15, 0.2) is 0 Å². The molecule has 0 rings (SSSR count). The van der Waals surface area contributed by atoms with Crippen LogP contribution in [0.5, 0.6) is 0 Å². The SMILES string of the molecule is CCCCCCCCCC/C=C/C(O)C(CO)NC(=O)CCCCCCCCCCCCCCCCCCCCCCCCCCCCCCCCCCCOC(=O)CCCCCCCCCCCCCCC. The van der Waals surface area contributed by atoms with Crippen molar-refractivity contribution in [3.05, 3.63) is 12.2 Å². The number of nitrogens with one attached hydrogen (secondary N) is 1. The van der Waals surface area contributed by atoms with E-state index in [1.807, 2.05) is 6.08 Å². The highest BCUT2D eigenvalue weighted by molar-refractivity contribution is 5.76. The predicted octanol–water partition coefficient (Wildman–Crippen LogP) is 21.2. The van der Waals surface area contributed by atoms with Gasteiger partial charge in [0, 0.05) is 12.8 Å². The zero-order valence-corrected chi connectivity index (χ0v) is 49.6. The maximum atomic E-state index is 12.4. The number of allylic oxidation sites excluding steroid dienone is 1. The van der Waals surface area contributed by atoms with Gasteiger partial charge in [0.2, 0.25) is 5.91 Å². The number of aliphatic hydroxyl groups is 2. The van der Waals surface area contributed by atoms with E-state index in [2.05, 4.69) is 19.2 Å². The van der Waals surface area contributed by atoms with E-state index < -0.39 is 12.1 Å². The Kier molecular flexibility index (Phi) is 61.9. The molecule has 0 aromatic heterocycles. The lowest BCUT2D eigenvalue weighted by Gasteiger charge is -2.20. The molecule has 73 heavy (non-hydrogen) atoms. The van der Waals surface area contributed by atoms with Gasteiger partial charge in [0.25, 0.3) is 0 Å². The van der Waals surface area contributed by atoms with Crippen LogP contribution in [0.1, 0.15) is 380 Å². The molecule has 6 heteroatoms. The molecule has 0 aliphatic carbocycles. The number of hydrogen-bond acceptors (Lipinski definition) is 5. The fourth-order valence-electron chi connectivity index (χ4n) is 10.7. The average molecular weight is 1030 g/mol. The molecule has 0 aliphatic rings. The number of carbonyl (C=O) groups excluding carboxylic acids is 2. The number of carbonyl (C=O) groups is 2. The molecule has 434 valence electrons. The smallest absolute Gasteiger partial charge is 0.305 e. The van der Waals surface area contributed by atoms with Crippen molar-refractivity contribution in [1.82, 2.24) is 5.32 Å². The van der Waals surface area contributed by atoms with E-state index in [4.69, 9.17) is 4.74 Å². The molecule has 0 aromatic carbocycles. The third kappa shape index (κ3) is 59.7. The summed E-state index contributed by atoms with van der Waals surface area (Å²) in [6, 6.07) is -0.621. The van der Waals surface area contributed by atoms with E-state index in [1.165, 1.54) is 315 Å². The molecular weight excluding hydrogens is 899 g/mol. The molecule has 2 unspecified atom stereocenters. The molecule has 0 fully saturated rings. The second-order valence-corrected chi connectivity index (χ2v) is 23.2. The molecular formula is C67H131NO5. The Hall–Kier alpha value is -1.40. The van der Waals surface area contributed by atoms with Crippen molar-refractivity contribution in [2.45, 2.75) is 392 Å². The number of rotatable bonds is 63. The number of ether oxygens (including phenoxy) is 1. The molecule has 0 saturated carbocycles. The summed E-state index contributed by atoms with van der Waals surface area (Å²) in [6.07, 6.45) is 77.3. The number of aliphatic hydroxyl groups excluding tert-OH is 2. The monoisotopic (exact) mass is 1030 g/mol. The summed E-state index contributed by atoms with van der Waals surface area (Å²) in [5.41, 5.74) is 0. The van der Waals surface area contributed by atoms with Gasteiger partial charge in [-0.25, -0.2) is 0 Å². The highest BCUT2D eigenvalue weighted by Crippen LogP contribution is 2.19. The lowest BCUT2D eigenvalue weighted by Crippen LogP contribution is -2.45. The molecule has 1 amide bonds. The second-order valence-electron chi connectivity index (χ2n) is 23.2. The minimum Gasteiger partial charge on any atom is -0.466 e. The Balaban J connectivity index is 3.29. The Morgan fingerprint density at radius 3 is 0.932 bits per heavy atom. The molecule has 0 aromatic rings. The first kappa shape index (κ1) is 71.6. The van der Waals surface area contributed by atoms with Crippen LogP contribution in [0.25, 0.3) is 0 Å². The van der Waals surface area contributed by atoms with E-state index in [1.54, 1.807) is 6.08 Å². The van der Waals surface area contributed by atoms with Gasteiger partial charge in [-0.15, -0.1) is 0 Å². The Morgan fingerprint density at radius 2 is 0.630 bits per heavy atom. The lowest BCUT2D eigenvalue weighted by molar-refractivity contribution is -0.143. The summed E-state index contributed by atoms with van der Waals surface area (Å²) in [7, 11) is 0. The quantitative estimate of drug-likeness (QED) is 0.0320. The Morgan fingerprint density at radius 1 is 0.370 bits per heavy atom. The Bertz CT molecular complexity index is 1100. The summed E-state index contributed by atoms with van der Waals surface area (Å²) in [6.45, 7) is 4.92. The van der Waals surface area contributed by atoms with E-state index in [9.17, 15) is 19.8 Å². The number of esters is 1. The molecule has 0 aliphatic heterocycles. The van der Waals surface area contributed by atoms with Gasteiger partial charge >= 0.3 is 5.97 Å². The first-order valence-electron chi connectivity index (χ1n) is 33.5. The van der Waals surface area contributed by atoms with Crippen LogP contribution in [-0.4, -0.2) is 47.4 Å². The highest BCUT2D eigenvalue weighted by atomic mass is 16.5. The summed E-state index contributed by atoms with van der Waals surface area (Å²) >= 11 is 0. The van der Waals surface area contributed by atoms with E-state index >= 15 is 0 Å². The zero-order valence-electron chi connectivity index (χ0n) is 49.6. The van der Waals surface area contributed by atoms with Gasteiger partial charge in [-0.1, -0.05) is 347 Å². The summed E-state index contributed by atoms with van der Waals surface area (Å²) in [5.74, 6) is -0.0398. The lowest BCUT2D eigenvalue weighted by atomic mass is 10.0. The predicted molar refractivity (Wildman–Crippen MR) is 320 cm³/mol. The molecule has 2 atom stereocenters. The van der Waals surface area contributed by atoms with Gasteiger partial charge < -0.3 is 20.3 Å². The van der Waals surface area contributed by atoms with Crippen LogP contribution in [0.4, 0.5) is 0 Å². The van der Waals surface area contributed by atoms with Crippen LogP contribution in [-0.2, 0) is 14.3 Å². The van der Waals surface area contributed by atoms with Crippen molar-refractivity contribution >= 4 is 11.9 Å². The van der Waals surface area contributed by atoms with E-state index in [0.717, 1.165) is 38.5 Å². The van der Waals surface area contributed by atoms with Crippen LogP contribution in [0.2, 0.25) is 0 Å². The molecule has 0 bridgehead atoms. The van der Waals surface area contributed by atoms with Gasteiger partial charge in [-0.05, 0) is 32.1 Å². The second kappa shape index (κ2) is 63.1. The fraction of sp³-hybridized carbons (Fsp3) is 0.940. The van der Waals surface area contributed by atoms with Crippen LogP contribution in [0.3, 0.4) is 0 Å². The number of hydrogen-bond donors (Lipinski definition) is 3.